The van der Waals surface area contributed by atoms with Crippen LogP contribution in [0, 0.1) is 6.92 Å². The van der Waals surface area contributed by atoms with E-state index >= 15 is 0 Å². The largest absolute Gasteiger partial charge is 0.457 e. The number of carbonyl (C=O) groups is 1. The first kappa shape index (κ1) is 15.0. The van der Waals surface area contributed by atoms with Crippen molar-refractivity contribution >= 4 is 5.97 Å². The molecule has 0 N–H and O–H groups in total. The van der Waals surface area contributed by atoms with Crippen molar-refractivity contribution in [3.63, 3.8) is 0 Å². The Balaban J connectivity index is 0.000000861. The van der Waals surface area contributed by atoms with E-state index in [2.05, 4.69) is 0 Å². The Hall–Kier alpha value is -2.09. The number of carbonyl (C=O) groups excluding carboxylic acids is 1. The van der Waals surface area contributed by atoms with E-state index in [0.717, 1.165) is 11.1 Å². The predicted octanol–water partition coefficient (Wildman–Crippen LogP) is 4.38. The maximum Gasteiger partial charge on any atom is 0.338 e. The molecule has 0 spiro atoms. The molecule has 0 aromatic heterocycles. The van der Waals surface area contributed by atoms with Crippen LogP contribution in [0.2, 0.25) is 0 Å². The maximum atomic E-state index is 11.7. The zero-order valence-corrected chi connectivity index (χ0v) is 11.7. The standard InChI is InChI=1S/C15H14O2.C2H6/c1-12-6-5-9-14(10-12)15(16)17-11-13-7-3-2-4-8-13;1-2/h2-10H,11H2,1H3;1-2H3. The van der Waals surface area contributed by atoms with Gasteiger partial charge in [0.25, 0.3) is 0 Å². The molecule has 0 heterocycles. The summed E-state index contributed by atoms with van der Waals surface area (Å²) in [6, 6.07) is 17.1. The molecule has 0 radical (unpaired) electrons. The molecule has 0 aliphatic rings. The minimum absolute atomic E-state index is 0.280. The van der Waals surface area contributed by atoms with Crippen LogP contribution in [-0.2, 0) is 11.3 Å². The van der Waals surface area contributed by atoms with E-state index in [4.69, 9.17) is 4.74 Å². The van der Waals surface area contributed by atoms with Crippen molar-refractivity contribution in [3.8, 4) is 0 Å². The van der Waals surface area contributed by atoms with Gasteiger partial charge in [-0.1, -0.05) is 61.9 Å². The molecule has 0 amide bonds. The summed E-state index contributed by atoms with van der Waals surface area (Å²) in [6.07, 6.45) is 0. The lowest BCUT2D eigenvalue weighted by molar-refractivity contribution is 0.0472. The van der Waals surface area contributed by atoms with Crippen LogP contribution in [-0.4, -0.2) is 5.97 Å². The van der Waals surface area contributed by atoms with Gasteiger partial charge in [0.2, 0.25) is 0 Å². The molecule has 0 bridgehead atoms. The fraction of sp³-hybridized carbons (Fsp3) is 0.235. The Morgan fingerprint density at radius 1 is 1.00 bits per heavy atom. The summed E-state index contributed by atoms with van der Waals surface area (Å²) in [5, 5.41) is 0. The summed E-state index contributed by atoms with van der Waals surface area (Å²) in [5.41, 5.74) is 2.65. The van der Waals surface area contributed by atoms with Crippen LogP contribution in [0.15, 0.2) is 54.6 Å². The Kier molecular flexibility index (Phi) is 6.37. The molecule has 0 fully saturated rings. The minimum Gasteiger partial charge on any atom is -0.457 e. The molecule has 2 rings (SSSR count). The van der Waals surface area contributed by atoms with Crippen LogP contribution in [0.3, 0.4) is 0 Å². The van der Waals surface area contributed by atoms with Gasteiger partial charge in [-0.15, -0.1) is 0 Å². The molecule has 2 aromatic carbocycles. The average molecular weight is 256 g/mol. The van der Waals surface area contributed by atoms with E-state index in [1.807, 2.05) is 69.3 Å². The fourth-order valence-electron chi connectivity index (χ4n) is 1.58. The molecular formula is C17H20O2. The van der Waals surface area contributed by atoms with Crippen LogP contribution in [0.25, 0.3) is 0 Å². The molecule has 19 heavy (non-hydrogen) atoms. The number of hydrogen-bond acceptors (Lipinski definition) is 2. The average Bonchev–Trinajstić information content (AvgIpc) is 2.48. The van der Waals surface area contributed by atoms with E-state index in [1.54, 1.807) is 6.07 Å². The summed E-state index contributed by atoms with van der Waals surface area (Å²) in [7, 11) is 0. The molecule has 0 unspecified atom stereocenters. The molecule has 2 nitrogen and oxygen atoms in total. The smallest absolute Gasteiger partial charge is 0.338 e. The lowest BCUT2D eigenvalue weighted by Crippen LogP contribution is -2.05. The Labute approximate surface area is 115 Å². The molecule has 0 aliphatic heterocycles. The van der Waals surface area contributed by atoms with Crippen molar-refractivity contribution in [2.75, 3.05) is 0 Å². The van der Waals surface area contributed by atoms with Gasteiger partial charge in [0.05, 0.1) is 5.56 Å². The number of rotatable bonds is 3. The molecule has 0 saturated carbocycles. The molecule has 0 atom stereocenters. The maximum absolute atomic E-state index is 11.7. The minimum atomic E-state index is -0.280. The van der Waals surface area contributed by atoms with E-state index in [0.29, 0.717) is 12.2 Å². The number of ether oxygens (including phenoxy) is 1. The molecule has 0 aliphatic carbocycles. The third-order valence-electron chi connectivity index (χ3n) is 2.47. The van der Waals surface area contributed by atoms with E-state index in [9.17, 15) is 4.79 Å². The summed E-state index contributed by atoms with van der Waals surface area (Å²) in [5.74, 6) is -0.280. The SMILES string of the molecule is CC.Cc1cccc(C(=O)OCc2ccccc2)c1. The third-order valence-corrected chi connectivity index (χ3v) is 2.47. The third kappa shape index (κ3) is 4.96. The van der Waals surface area contributed by atoms with Crippen LogP contribution in [0.1, 0.15) is 35.3 Å². The second-order valence-electron chi connectivity index (χ2n) is 3.93. The first-order valence-electron chi connectivity index (χ1n) is 6.53. The monoisotopic (exact) mass is 256 g/mol. The van der Waals surface area contributed by atoms with Gasteiger partial charge >= 0.3 is 5.97 Å². The highest BCUT2D eigenvalue weighted by Gasteiger charge is 2.06. The topological polar surface area (TPSA) is 26.3 Å². The normalized spacial score (nSPS) is 9.21. The number of aryl methyl sites for hydroxylation is 1. The summed E-state index contributed by atoms with van der Waals surface area (Å²) in [6.45, 7) is 6.27. The lowest BCUT2D eigenvalue weighted by atomic mass is 10.1. The first-order chi connectivity index (χ1) is 9.25. The van der Waals surface area contributed by atoms with Gasteiger partial charge in [0, 0.05) is 0 Å². The van der Waals surface area contributed by atoms with E-state index in [-0.39, 0.29) is 5.97 Å². The van der Waals surface area contributed by atoms with Gasteiger partial charge < -0.3 is 4.74 Å². The predicted molar refractivity (Wildman–Crippen MR) is 78.1 cm³/mol. The highest BCUT2D eigenvalue weighted by atomic mass is 16.5. The van der Waals surface area contributed by atoms with Crippen molar-refractivity contribution in [2.24, 2.45) is 0 Å². The van der Waals surface area contributed by atoms with Gasteiger partial charge in [-0.3, -0.25) is 0 Å². The van der Waals surface area contributed by atoms with Crippen molar-refractivity contribution in [3.05, 3.63) is 71.3 Å². The van der Waals surface area contributed by atoms with Crippen molar-refractivity contribution < 1.29 is 9.53 Å². The van der Waals surface area contributed by atoms with E-state index in [1.165, 1.54) is 0 Å². The molecule has 0 saturated heterocycles. The Morgan fingerprint density at radius 2 is 1.68 bits per heavy atom. The van der Waals surface area contributed by atoms with Gasteiger partial charge in [0.15, 0.2) is 0 Å². The van der Waals surface area contributed by atoms with Gasteiger partial charge in [-0.2, -0.15) is 0 Å². The zero-order chi connectivity index (χ0) is 14.1. The molecule has 2 heteroatoms. The zero-order valence-electron chi connectivity index (χ0n) is 11.7. The highest BCUT2D eigenvalue weighted by molar-refractivity contribution is 5.89. The van der Waals surface area contributed by atoms with Crippen molar-refractivity contribution in [1.82, 2.24) is 0 Å². The Bertz CT molecular complexity index is 504. The molecule has 100 valence electrons. The summed E-state index contributed by atoms with van der Waals surface area (Å²) in [4.78, 5) is 11.7. The first-order valence-corrected chi connectivity index (χ1v) is 6.53. The molecule has 2 aromatic rings. The van der Waals surface area contributed by atoms with Crippen LogP contribution < -0.4 is 0 Å². The second kappa shape index (κ2) is 8.09. The van der Waals surface area contributed by atoms with Gasteiger partial charge in [-0.05, 0) is 24.6 Å². The van der Waals surface area contributed by atoms with Gasteiger partial charge in [-0.25, -0.2) is 4.79 Å². The number of benzene rings is 2. The van der Waals surface area contributed by atoms with Crippen molar-refractivity contribution in [2.45, 2.75) is 27.4 Å². The highest BCUT2D eigenvalue weighted by Crippen LogP contribution is 2.08. The van der Waals surface area contributed by atoms with E-state index < -0.39 is 0 Å². The number of hydrogen-bond donors (Lipinski definition) is 0. The van der Waals surface area contributed by atoms with Crippen LogP contribution in [0.5, 0.6) is 0 Å². The number of esters is 1. The lowest BCUT2D eigenvalue weighted by Gasteiger charge is -2.05. The Morgan fingerprint density at radius 3 is 2.32 bits per heavy atom. The van der Waals surface area contributed by atoms with Crippen molar-refractivity contribution in [1.29, 1.82) is 0 Å². The van der Waals surface area contributed by atoms with Gasteiger partial charge in [0.1, 0.15) is 6.61 Å². The second-order valence-corrected chi connectivity index (χ2v) is 3.93. The molecular weight excluding hydrogens is 236 g/mol. The van der Waals surface area contributed by atoms with Crippen LogP contribution >= 0.6 is 0 Å². The van der Waals surface area contributed by atoms with Crippen LogP contribution in [0.4, 0.5) is 0 Å². The summed E-state index contributed by atoms with van der Waals surface area (Å²) < 4.78 is 5.23. The summed E-state index contributed by atoms with van der Waals surface area (Å²) >= 11 is 0. The fourth-order valence-corrected chi connectivity index (χ4v) is 1.58. The quantitative estimate of drug-likeness (QED) is 0.762.